The van der Waals surface area contributed by atoms with Crippen molar-refractivity contribution in [3.8, 4) is 5.75 Å². The Morgan fingerprint density at radius 1 is 1.47 bits per heavy atom. The highest BCUT2D eigenvalue weighted by Crippen LogP contribution is 2.39. The number of thiophene rings is 1. The third-order valence-corrected chi connectivity index (χ3v) is 3.77. The monoisotopic (exact) mass is 243 g/mol. The number of carbonyl (C=O) groups excluding carboxylic acids is 1. The molecular formula is C12H7N2O2S. The lowest BCUT2D eigenvalue weighted by molar-refractivity contribution is 0.476. The van der Waals surface area contributed by atoms with E-state index in [1.807, 2.05) is 12.1 Å². The lowest BCUT2D eigenvalue weighted by atomic mass is 10.2. The van der Waals surface area contributed by atoms with Gasteiger partial charge in [-0.05, 0) is 19.1 Å². The largest absolute Gasteiger partial charge is 0.504 e. The number of rotatable bonds is 1. The van der Waals surface area contributed by atoms with Crippen LogP contribution in [0.5, 0.6) is 5.75 Å². The van der Waals surface area contributed by atoms with Gasteiger partial charge < -0.3 is 5.11 Å². The molecule has 0 aliphatic carbocycles. The van der Waals surface area contributed by atoms with Gasteiger partial charge in [0, 0.05) is 17.3 Å². The van der Waals surface area contributed by atoms with Crippen LogP contribution in [0.2, 0.25) is 0 Å². The van der Waals surface area contributed by atoms with E-state index in [1.165, 1.54) is 11.3 Å². The summed E-state index contributed by atoms with van der Waals surface area (Å²) in [6.45, 7) is 1.80. The first-order valence-electron chi connectivity index (χ1n) is 4.97. The Bertz CT molecular complexity index is 749. The molecule has 0 aromatic carbocycles. The summed E-state index contributed by atoms with van der Waals surface area (Å²) in [5.74, 6) is -0.108. The summed E-state index contributed by atoms with van der Waals surface area (Å²) in [4.78, 5) is 19.0. The van der Waals surface area contributed by atoms with Gasteiger partial charge in [-0.1, -0.05) is 0 Å². The highest BCUT2D eigenvalue weighted by molar-refractivity contribution is 7.26. The molecule has 3 rings (SSSR count). The van der Waals surface area contributed by atoms with E-state index in [0.29, 0.717) is 10.4 Å². The molecule has 4 nitrogen and oxygen atoms in total. The van der Waals surface area contributed by atoms with Gasteiger partial charge in [-0.25, -0.2) is 4.98 Å². The maximum Gasteiger partial charge on any atom is 0.257 e. The fraction of sp³-hybridized carbons (Fsp3) is 0.0833. The Morgan fingerprint density at radius 2 is 2.29 bits per heavy atom. The molecule has 0 aliphatic heterocycles. The molecule has 0 amide bonds. The number of aryl methyl sites for hydroxylation is 1. The molecule has 1 N–H and O–H groups in total. The molecule has 0 saturated carbocycles. The zero-order valence-electron chi connectivity index (χ0n) is 8.89. The molecule has 1 radical (unpaired) electrons. The van der Waals surface area contributed by atoms with Gasteiger partial charge in [0.25, 0.3) is 6.29 Å². The van der Waals surface area contributed by atoms with Crippen molar-refractivity contribution in [1.29, 1.82) is 0 Å². The van der Waals surface area contributed by atoms with Crippen LogP contribution in [0.3, 0.4) is 0 Å². The number of aromatic nitrogens is 2. The summed E-state index contributed by atoms with van der Waals surface area (Å²) >= 11 is 1.40. The Balaban J connectivity index is 2.60. The van der Waals surface area contributed by atoms with Gasteiger partial charge in [-0.15, -0.1) is 11.3 Å². The van der Waals surface area contributed by atoms with Crippen molar-refractivity contribution in [2.75, 3.05) is 0 Å². The van der Waals surface area contributed by atoms with Crippen molar-refractivity contribution >= 4 is 37.9 Å². The molecule has 17 heavy (non-hydrogen) atoms. The van der Waals surface area contributed by atoms with Crippen LogP contribution in [0.15, 0.2) is 18.3 Å². The Morgan fingerprint density at radius 3 is 3.06 bits per heavy atom. The smallest absolute Gasteiger partial charge is 0.257 e. The number of aromatic hydroxyl groups is 1. The van der Waals surface area contributed by atoms with Gasteiger partial charge in [-0.3, -0.25) is 9.78 Å². The maximum absolute atomic E-state index is 10.7. The first-order chi connectivity index (χ1) is 8.22. The zero-order valence-corrected chi connectivity index (χ0v) is 9.71. The van der Waals surface area contributed by atoms with E-state index >= 15 is 0 Å². The molecule has 0 fully saturated rings. The Hall–Kier alpha value is -2.01. The molecule has 0 atom stereocenters. The topological polar surface area (TPSA) is 63.1 Å². The summed E-state index contributed by atoms with van der Waals surface area (Å²) < 4.78 is 1.61. The molecule has 0 saturated heterocycles. The minimum absolute atomic E-state index is 0.0402. The standard InChI is InChI=1S/C12H7N2O2S/c1-6-9-10-8(3-2-4-13-10)17-12(9)11(16)7(5-15)14-6/h2-4,16H,1H3. The Labute approximate surface area is 101 Å². The fourth-order valence-electron chi connectivity index (χ4n) is 1.89. The van der Waals surface area contributed by atoms with Crippen molar-refractivity contribution < 1.29 is 9.90 Å². The van der Waals surface area contributed by atoms with Crippen LogP contribution in [0.25, 0.3) is 20.3 Å². The summed E-state index contributed by atoms with van der Waals surface area (Å²) in [6.07, 6.45) is 3.35. The molecule has 3 heterocycles. The molecule has 0 unspecified atom stereocenters. The molecular weight excluding hydrogens is 236 g/mol. The minimum Gasteiger partial charge on any atom is -0.504 e. The predicted molar refractivity (Wildman–Crippen MR) is 66.1 cm³/mol. The van der Waals surface area contributed by atoms with Crippen molar-refractivity contribution in [2.45, 2.75) is 6.92 Å². The fourth-order valence-corrected chi connectivity index (χ4v) is 3.04. The van der Waals surface area contributed by atoms with Gasteiger partial charge in [-0.2, -0.15) is 0 Å². The lowest BCUT2D eigenvalue weighted by Crippen LogP contribution is -1.92. The van der Waals surface area contributed by atoms with E-state index in [-0.39, 0.29) is 11.4 Å². The first-order valence-corrected chi connectivity index (χ1v) is 5.79. The van der Waals surface area contributed by atoms with Gasteiger partial charge in [0.1, 0.15) is 0 Å². The molecule has 0 bridgehead atoms. The number of fused-ring (bicyclic) bond motifs is 3. The van der Waals surface area contributed by atoms with Gasteiger partial charge in [0.15, 0.2) is 11.4 Å². The second-order valence-electron chi connectivity index (χ2n) is 3.65. The molecule has 83 valence electrons. The predicted octanol–water partition coefficient (Wildman–Crippen LogP) is 2.32. The number of hydrogen-bond acceptors (Lipinski definition) is 5. The second kappa shape index (κ2) is 3.49. The highest BCUT2D eigenvalue weighted by atomic mass is 32.1. The number of pyridine rings is 2. The molecule has 3 aromatic rings. The van der Waals surface area contributed by atoms with Crippen LogP contribution in [-0.4, -0.2) is 21.4 Å². The minimum atomic E-state index is -0.108. The Kier molecular flexibility index (Phi) is 2.09. The third kappa shape index (κ3) is 1.32. The molecule has 5 heteroatoms. The zero-order chi connectivity index (χ0) is 12.0. The van der Waals surface area contributed by atoms with Crippen LogP contribution >= 0.6 is 11.3 Å². The molecule has 0 spiro atoms. The van der Waals surface area contributed by atoms with Crippen molar-refractivity contribution in [1.82, 2.24) is 9.97 Å². The molecule has 3 aromatic heterocycles. The summed E-state index contributed by atoms with van der Waals surface area (Å²) in [5, 5.41) is 10.7. The van der Waals surface area contributed by atoms with E-state index in [4.69, 9.17) is 0 Å². The van der Waals surface area contributed by atoms with Crippen molar-refractivity contribution in [2.24, 2.45) is 0 Å². The quantitative estimate of drug-likeness (QED) is 0.712. The summed E-state index contributed by atoms with van der Waals surface area (Å²) in [7, 11) is 0. The number of nitrogens with zero attached hydrogens (tertiary/aromatic N) is 2. The van der Waals surface area contributed by atoms with Gasteiger partial charge >= 0.3 is 0 Å². The first kappa shape index (κ1) is 10.2. The van der Waals surface area contributed by atoms with Crippen molar-refractivity contribution in [3.05, 3.63) is 29.7 Å². The van der Waals surface area contributed by atoms with Crippen LogP contribution < -0.4 is 0 Å². The number of hydrogen-bond donors (Lipinski definition) is 1. The van der Waals surface area contributed by atoms with E-state index in [1.54, 1.807) is 19.4 Å². The maximum atomic E-state index is 10.7. The van der Waals surface area contributed by atoms with Crippen LogP contribution in [0.1, 0.15) is 11.4 Å². The lowest BCUT2D eigenvalue weighted by Gasteiger charge is -2.00. The van der Waals surface area contributed by atoms with E-state index in [0.717, 1.165) is 15.6 Å². The normalized spacial score (nSPS) is 11.1. The van der Waals surface area contributed by atoms with Crippen molar-refractivity contribution in [3.63, 3.8) is 0 Å². The van der Waals surface area contributed by atoms with E-state index in [2.05, 4.69) is 9.97 Å². The summed E-state index contributed by atoms with van der Waals surface area (Å²) in [5.41, 5.74) is 1.45. The second-order valence-corrected chi connectivity index (χ2v) is 4.71. The van der Waals surface area contributed by atoms with Gasteiger partial charge in [0.2, 0.25) is 0 Å². The average molecular weight is 243 g/mol. The third-order valence-electron chi connectivity index (χ3n) is 2.62. The van der Waals surface area contributed by atoms with Gasteiger partial charge in [0.05, 0.1) is 14.9 Å². The van der Waals surface area contributed by atoms with E-state index < -0.39 is 0 Å². The van der Waals surface area contributed by atoms with E-state index in [9.17, 15) is 9.90 Å². The molecule has 0 aliphatic rings. The van der Waals surface area contributed by atoms with Crippen LogP contribution in [-0.2, 0) is 4.79 Å². The summed E-state index contributed by atoms with van der Waals surface area (Å²) in [6, 6.07) is 3.76. The van der Waals surface area contributed by atoms with Crippen LogP contribution in [0, 0.1) is 6.92 Å². The average Bonchev–Trinajstić information content (AvgIpc) is 2.73. The SMILES string of the molecule is Cc1nc([C]=O)c(O)c2sc3cccnc3c12. The van der Waals surface area contributed by atoms with Crippen LogP contribution in [0.4, 0.5) is 0 Å². The highest BCUT2D eigenvalue weighted by Gasteiger charge is 2.16.